The van der Waals surface area contributed by atoms with E-state index >= 15 is 0 Å². The van der Waals surface area contributed by atoms with Crippen LogP contribution in [0.3, 0.4) is 0 Å². The van der Waals surface area contributed by atoms with Crippen LogP contribution in [0.2, 0.25) is 5.02 Å². The molecule has 3 aromatic carbocycles. The third kappa shape index (κ3) is 5.08. The number of fused-ring (bicyclic) bond motifs is 1. The number of anilines is 1. The monoisotopic (exact) mass is 509 g/mol. The van der Waals surface area contributed by atoms with Crippen LogP contribution in [0, 0.1) is 6.92 Å². The molecule has 1 aromatic heterocycles. The van der Waals surface area contributed by atoms with Gasteiger partial charge in [0.2, 0.25) is 11.2 Å². The van der Waals surface area contributed by atoms with Gasteiger partial charge in [-0.3, -0.25) is 9.59 Å². The van der Waals surface area contributed by atoms with Crippen molar-refractivity contribution in [1.82, 2.24) is 0 Å². The number of benzene rings is 3. The molecule has 0 radical (unpaired) electrons. The molecule has 0 saturated heterocycles. The zero-order valence-corrected chi connectivity index (χ0v) is 20.9. The number of rotatable bonds is 8. The quantitative estimate of drug-likeness (QED) is 0.336. The number of methoxy groups -OCH3 is 3. The molecule has 186 valence electrons. The Bertz CT molecular complexity index is 1480. The molecular formula is C27H24ClNO7. The third-order valence-electron chi connectivity index (χ3n) is 5.51. The number of amides is 1. The molecule has 0 aliphatic heterocycles. The summed E-state index contributed by atoms with van der Waals surface area (Å²) in [5.41, 5.74) is 1.63. The van der Waals surface area contributed by atoms with Crippen molar-refractivity contribution in [3.8, 4) is 34.3 Å². The lowest BCUT2D eigenvalue weighted by atomic mass is 10.1. The van der Waals surface area contributed by atoms with Crippen molar-refractivity contribution in [1.29, 1.82) is 0 Å². The molecule has 4 rings (SSSR count). The summed E-state index contributed by atoms with van der Waals surface area (Å²) in [5.74, 6) is 1.18. The average Bonchev–Trinajstić information content (AvgIpc) is 2.89. The highest BCUT2D eigenvalue weighted by Crippen LogP contribution is 2.34. The van der Waals surface area contributed by atoms with Gasteiger partial charge in [-0.05, 0) is 61.0 Å². The number of carbonyl (C=O) groups is 1. The van der Waals surface area contributed by atoms with Gasteiger partial charge in [0, 0.05) is 16.7 Å². The number of carbonyl (C=O) groups excluding carboxylic acids is 1. The Morgan fingerprint density at radius 2 is 1.64 bits per heavy atom. The fraction of sp³-hybridized carbons (Fsp3) is 0.185. The highest BCUT2D eigenvalue weighted by Gasteiger charge is 2.20. The number of aryl methyl sites for hydroxylation is 1. The molecule has 0 aliphatic rings. The first-order valence-corrected chi connectivity index (χ1v) is 11.3. The lowest BCUT2D eigenvalue weighted by Crippen LogP contribution is -2.23. The molecule has 0 unspecified atom stereocenters. The zero-order valence-electron chi connectivity index (χ0n) is 20.1. The fourth-order valence-electron chi connectivity index (χ4n) is 3.60. The summed E-state index contributed by atoms with van der Waals surface area (Å²) < 4.78 is 27.6. The summed E-state index contributed by atoms with van der Waals surface area (Å²) in [6.45, 7) is 1.36. The van der Waals surface area contributed by atoms with Crippen molar-refractivity contribution in [2.45, 2.75) is 6.92 Å². The maximum atomic E-state index is 13.4. The highest BCUT2D eigenvalue weighted by molar-refractivity contribution is 6.32. The zero-order chi connectivity index (χ0) is 25.8. The normalized spacial score (nSPS) is 10.7. The van der Waals surface area contributed by atoms with Crippen molar-refractivity contribution in [2.75, 3.05) is 33.3 Å². The summed E-state index contributed by atoms with van der Waals surface area (Å²) in [6.07, 6.45) is 0. The van der Waals surface area contributed by atoms with E-state index < -0.39 is 17.9 Å². The van der Waals surface area contributed by atoms with Crippen LogP contribution >= 0.6 is 11.6 Å². The summed E-state index contributed by atoms with van der Waals surface area (Å²) >= 11 is 6.25. The second-order valence-corrected chi connectivity index (χ2v) is 8.23. The van der Waals surface area contributed by atoms with Crippen molar-refractivity contribution >= 4 is 34.2 Å². The van der Waals surface area contributed by atoms with Gasteiger partial charge in [0.1, 0.15) is 22.8 Å². The van der Waals surface area contributed by atoms with Gasteiger partial charge < -0.3 is 28.7 Å². The van der Waals surface area contributed by atoms with Gasteiger partial charge in [-0.2, -0.15) is 0 Å². The molecular weight excluding hydrogens is 486 g/mol. The van der Waals surface area contributed by atoms with Gasteiger partial charge >= 0.3 is 0 Å². The van der Waals surface area contributed by atoms with Crippen LogP contribution in [-0.2, 0) is 4.79 Å². The number of nitrogens with one attached hydrogen (secondary N) is 1. The largest absolute Gasteiger partial charge is 0.497 e. The second-order valence-electron chi connectivity index (χ2n) is 7.82. The van der Waals surface area contributed by atoms with E-state index in [-0.39, 0.29) is 16.9 Å². The SMILES string of the molecule is COc1ccc(-c2oc3cc(C)c(Cl)cc3c(=O)c2OCC(=O)Nc2cc(OC)ccc2OC)cc1. The molecule has 0 spiro atoms. The first kappa shape index (κ1) is 24.9. The Morgan fingerprint density at radius 1 is 0.944 bits per heavy atom. The summed E-state index contributed by atoms with van der Waals surface area (Å²) in [5, 5.41) is 3.38. The van der Waals surface area contributed by atoms with Crippen molar-refractivity contribution in [3.63, 3.8) is 0 Å². The van der Waals surface area contributed by atoms with E-state index in [1.54, 1.807) is 55.6 Å². The predicted octanol–water partition coefficient (Wildman–Crippen LogP) is 5.47. The lowest BCUT2D eigenvalue weighted by molar-refractivity contribution is -0.118. The molecule has 1 N–H and O–H groups in total. The third-order valence-corrected chi connectivity index (χ3v) is 5.92. The summed E-state index contributed by atoms with van der Waals surface area (Å²) in [4.78, 5) is 26.2. The molecule has 0 fully saturated rings. The van der Waals surface area contributed by atoms with Crippen LogP contribution in [0.1, 0.15) is 5.56 Å². The van der Waals surface area contributed by atoms with Gasteiger partial charge in [0.05, 0.1) is 32.4 Å². The first-order valence-electron chi connectivity index (χ1n) is 10.9. The maximum Gasteiger partial charge on any atom is 0.262 e. The molecule has 36 heavy (non-hydrogen) atoms. The molecule has 8 nitrogen and oxygen atoms in total. The minimum absolute atomic E-state index is 0.111. The Kier molecular flexibility index (Phi) is 7.36. The van der Waals surface area contributed by atoms with Gasteiger partial charge in [0.25, 0.3) is 5.91 Å². The lowest BCUT2D eigenvalue weighted by Gasteiger charge is -2.14. The van der Waals surface area contributed by atoms with Crippen LogP contribution in [0.5, 0.6) is 23.0 Å². The van der Waals surface area contributed by atoms with Crippen LogP contribution in [-0.4, -0.2) is 33.8 Å². The highest BCUT2D eigenvalue weighted by atomic mass is 35.5. The Balaban J connectivity index is 1.70. The van der Waals surface area contributed by atoms with Gasteiger partial charge in [-0.15, -0.1) is 0 Å². The van der Waals surface area contributed by atoms with E-state index in [1.165, 1.54) is 20.3 Å². The van der Waals surface area contributed by atoms with E-state index in [0.29, 0.717) is 39.1 Å². The molecule has 0 atom stereocenters. The molecule has 4 aromatic rings. The predicted molar refractivity (Wildman–Crippen MR) is 138 cm³/mol. The Morgan fingerprint density at radius 3 is 2.31 bits per heavy atom. The van der Waals surface area contributed by atoms with Crippen LogP contribution in [0.4, 0.5) is 5.69 Å². The van der Waals surface area contributed by atoms with Crippen molar-refractivity contribution in [3.05, 3.63) is 75.4 Å². The van der Waals surface area contributed by atoms with E-state index in [4.69, 9.17) is 35.0 Å². The number of ether oxygens (including phenoxy) is 4. The van der Waals surface area contributed by atoms with Crippen LogP contribution < -0.4 is 29.7 Å². The number of hydrogen-bond acceptors (Lipinski definition) is 7. The van der Waals surface area contributed by atoms with Gasteiger partial charge in [-0.1, -0.05) is 11.6 Å². The number of halogens is 1. The Hall–Kier alpha value is -4.17. The van der Waals surface area contributed by atoms with Gasteiger partial charge in [-0.25, -0.2) is 0 Å². The molecule has 0 saturated carbocycles. The van der Waals surface area contributed by atoms with Crippen LogP contribution in [0.15, 0.2) is 63.8 Å². The summed E-state index contributed by atoms with van der Waals surface area (Å²) in [6, 6.07) is 15.2. The molecule has 0 bridgehead atoms. The topological polar surface area (TPSA) is 96.2 Å². The van der Waals surface area contributed by atoms with Gasteiger partial charge in [0.15, 0.2) is 12.4 Å². The average molecular weight is 510 g/mol. The summed E-state index contributed by atoms with van der Waals surface area (Å²) in [7, 11) is 4.56. The standard InChI is InChI=1S/C27H24ClNO7/c1-15-11-23-19(13-20(15)28)25(31)27(26(36-23)16-5-7-17(32-2)8-6-16)35-14-24(30)29-21-12-18(33-3)9-10-22(21)34-4/h5-13H,14H2,1-4H3,(H,29,30). The smallest absolute Gasteiger partial charge is 0.262 e. The minimum Gasteiger partial charge on any atom is -0.497 e. The molecule has 0 aliphatic carbocycles. The van der Waals surface area contributed by atoms with Crippen LogP contribution in [0.25, 0.3) is 22.3 Å². The maximum absolute atomic E-state index is 13.4. The number of hydrogen-bond donors (Lipinski definition) is 1. The second kappa shape index (κ2) is 10.6. The minimum atomic E-state index is -0.510. The Labute approximate surface area is 212 Å². The molecule has 1 heterocycles. The van der Waals surface area contributed by atoms with E-state index in [9.17, 15) is 9.59 Å². The first-order chi connectivity index (χ1) is 17.3. The van der Waals surface area contributed by atoms with E-state index in [2.05, 4.69) is 5.32 Å². The van der Waals surface area contributed by atoms with E-state index in [1.807, 2.05) is 6.92 Å². The van der Waals surface area contributed by atoms with Crippen molar-refractivity contribution < 1.29 is 28.2 Å². The molecule has 9 heteroatoms. The molecule has 1 amide bonds. The fourth-order valence-corrected chi connectivity index (χ4v) is 3.76. The van der Waals surface area contributed by atoms with Crippen molar-refractivity contribution in [2.24, 2.45) is 0 Å². The van der Waals surface area contributed by atoms with E-state index in [0.717, 1.165) is 5.56 Å².